The lowest BCUT2D eigenvalue weighted by Crippen LogP contribution is -2.45. The summed E-state index contributed by atoms with van der Waals surface area (Å²) in [7, 11) is 0. The number of aromatic nitrogens is 2. The molecule has 3 aromatic rings. The maximum Gasteiger partial charge on any atom is 0.340 e. The van der Waals surface area contributed by atoms with Crippen LogP contribution in [0.4, 0.5) is 5.82 Å². The van der Waals surface area contributed by atoms with Crippen LogP contribution in [-0.2, 0) is 16.1 Å². The molecule has 8 heteroatoms. The highest BCUT2D eigenvalue weighted by Crippen LogP contribution is 2.28. The maximum atomic E-state index is 12.3. The second-order valence-corrected chi connectivity index (χ2v) is 8.57. The summed E-state index contributed by atoms with van der Waals surface area (Å²) >= 11 is 3.20. The van der Waals surface area contributed by atoms with Crippen LogP contribution in [0.1, 0.15) is 29.9 Å². The Kier molecular flexibility index (Phi) is 5.70. The van der Waals surface area contributed by atoms with Gasteiger partial charge < -0.3 is 14.4 Å². The quantitative estimate of drug-likeness (QED) is 0.581. The molecule has 0 unspecified atom stereocenters. The standard InChI is InChI=1S/C20H21N3O3S2/c1-13-9-23(10-14(2)26-13)18-6-5-15(8-21-18)20(24)25-11-16-12-28-19(22-16)17-4-3-7-27-17/h3-8,12-14H,9-11H2,1-2H3/t13-,14-/m1/s1. The SMILES string of the molecule is C[C@@H]1CN(c2ccc(C(=O)OCc3csc(-c4cccs4)n3)cn2)C[C@@H](C)O1. The molecule has 0 bridgehead atoms. The van der Waals surface area contributed by atoms with E-state index in [-0.39, 0.29) is 18.8 Å². The minimum atomic E-state index is -0.395. The van der Waals surface area contributed by atoms with Crippen molar-refractivity contribution < 1.29 is 14.3 Å². The van der Waals surface area contributed by atoms with Gasteiger partial charge in [0.15, 0.2) is 0 Å². The summed E-state index contributed by atoms with van der Waals surface area (Å²) in [6, 6.07) is 7.64. The molecule has 28 heavy (non-hydrogen) atoms. The Morgan fingerprint density at radius 2 is 2.07 bits per heavy atom. The van der Waals surface area contributed by atoms with Gasteiger partial charge in [0.1, 0.15) is 17.4 Å². The molecule has 3 aromatic heterocycles. The number of thiophene rings is 1. The van der Waals surface area contributed by atoms with E-state index in [9.17, 15) is 4.79 Å². The van der Waals surface area contributed by atoms with Crippen LogP contribution in [0.2, 0.25) is 0 Å². The molecule has 2 atom stereocenters. The summed E-state index contributed by atoms with van der Waals surface area (Å²) in [6.07, 6.45) is 1.89. The summed E-state index contributed by atoms with van der Waals surface area (Å²) in [4.78, 5) is 24.6. The van der Waals surface area contributed by atoms with Gasteiger partial charge in [-0.05, 0) is 37.4 Å². The number of ether oxygens (including phenoxy) is 2. The van der Waals surface area contributed by atoms with Crippen LogP contribution < -0.4 is 4.90 Å². The summed E-state index contributed by atoms with van der Waals surface area (Å²) in [6.45, 7) is 5.84. The van der Waals surface area contributed by atoms with Crippen LogP contribution in [0, 0.1) is 0 Å². The van der Waals surface area contributed by atoms with Crippen molar-refractivity contribution in [2.24, 2.45) is 0 Å². The largest absolute Gasteiger partial charge is 0.456 e. The Bertz CT molecular complexity index is 915. The molecule has 6 nitrogen and oxygen atoms in total. The molecule has 0 spiro atoms. The van der Waals surface area contributed by atoms with E-state index in [1.807, 2.05) is 29.0 Å². The molecule has 1 fully saturated rings. The van der Waals surface area contributed by atoms with Gasteiger partial charge in [0.2, 0.25) is 0 Å². The number of rotatable bonds is 5. The van der Waals surface area contributed by atoms with E-state index in [1.165, 1.54) is 0 Å². The Hall–Kier alpha value is -2.29. The first-order valence-electron chi connectivity index (χ1n) is 9.10. The van der Waals surface area contributed by atoms with Crippen molar-refractivity contribution in [1.82, 2.24) is 9.97 Å². The predicted octanol–water partition coefficient (Wildman–Crippen LogP) is 4.24. The van der Waals surface area contributed by atoms with Crippen molar-refractivity contribution in [3.8, 4) is 9.88 Å². The van der Waals surface area contributed by atoms with Gasteiger partial charge in [-0.25, -0.2) is 14.8 Å². The first-order valence-corrected chi connectivity index (χ1v) is 10.9. The lowest BCUT2D eigenvalue weighted by molar-refractivity contribution is -0.00547. The van der Waals surface area contributed by atoms with E-state index in [2.05, 4.69) is 28.7 Å². The Labute approximate surface area is 171 Å². The zero-order valence-corrected chi connectivity index (χ0v) is 17.3. The number of morpholine rings is 1. The summed E-state index contributed by atoms with van der Waals surface area (Å²) < 4.78 is 11.2. The molecular weight excluding hydrogens is 394 g/mol. The van der Waals surface area contributed by atoms with Crippen molar-refractivity contribution in [3.63, 3.8) is 0 Å². The fourth-order valence-corrected chi connectivity index (χ4v) is 4.79. The average Bonchev–Trinajstić information content (AvgIpc) is 3.37. The molecule has 0 amide bonds. The summed E-state index contributed by atoms with van der Waals surface area (Å²) in [5.41, 5.74) is 1.19. The van der Waals surface area contributed by atoms with Crippen molar-refractivity contribution in [2.45, 2.75) is 32.7 Å². The number of hydrogen-bond donors (Lipinski definition) is 0. The van der Waals surface area contributed by atoms with E-state index < -0.39 is 5.97 Å². The van der Waals surface area contributed by atoms with E-state index in [0.29, 0.717) is 5.56 Å². The molecule has 0 saturated carbocycles. The monoisotopic (exact) mass is 415 g/mol. The summed E-state index contributed by atoms with van der Waals surface area (Å²) in [5, 5.41) is 4.89. The Morgan fingerprint density at radius 3 is 2.75 bits per heavy atom. The lowest BCUT2D eigenvalue weighted by Gasteiger charge is -2.36. The predicted molar refractivity (Wildman–Crippen MR) is 111 cm³/mol. The average molecular weight is 416 g/mol. The zero-order chi connectivity index (χ0) is 19.5. The zero-order valence-electron chi connectivity index (χ0n) is 15.7. The molecule has 0 aromatic carbocycles. The molecule has 0 aliphatic carbocycles. The van der Waals surface area contributed by atoms with Crippen molar-refractivity contribution in [3.05, 3.63) is 52.5 Å². The van der Waals surface area contributed by atoms with Crippen LogP contribution in [0.3, 0.4) is 0 Å². The highest BCUT2D eigenvalue weighted by molar-refractivity contribution is 7.20. The first-order chi connectivity index (χ1) is 13.6. The van der Waals surface area contributed by atoms with Gasteiger partial charge in [-0.2, -0.15) is 0 Å². The topological polar surface area (TPSA) is 64.6 Å². The Morgan fingerprint density at radius 1 is 1.25 bits per heavy atom. The van der Waals surface area contributed by atoms with Crippen molar-refractivity contribution >= 4 is 34.5 Å². The van der Waals surface area contributed by atoms with Gasteiger partial charge in [-0.15, -0.1) is 22.7 Å². The van der Waals surface area contributed by atoms with Gasteiger partial charge in [0.25, 0.3) is 0 Å². The number of esters is 1. The molecule has 1 saturated heterocycles. The minimum absolute atomic E-state index is 0.154. The normalized spacial score (nSPS) is 19.6. The minimum Gasteiger partial charge on any atom is -0.456 e. The summed E-state index contributed by atoms with van der Waals surface area (Å²) in [5.74, 6) is 0.451. The second-order valence-electron chi connectivity index (χ2n) is 6.76. The van der Waals surface area contributed by atoms with Crippen molar-refractivity contribution in [2.75, 3.05) is 18.0 Å². The third-order valence-corrected chi connectivity index (χ3v) is 6.29. The molecule has 0 radical (unpaired) electrons. The number of thiazole rings is 1. The van der Waals surface area contributed by atoms with E-state index in [0.717, 1.165) is 34.5 Å². The third kappa shape index (κ3) is 4.40. The van der Waals surface area contributed by atoms with Crippen LogP contribution >= 0.6 is 22.7 Å². The Balaban J connectivity index is 1.35. The van der Waals surface area contributed by atoms with E-state index >= 15 is 0 Å². The van der Waals surface area contributed by atoms with Gasteiger partial charge in [-0.1, -0.05) is 6.07 Å². The van der Waals surface area contributed by atoms with Crippen molar-refractivity contribution in [1.29, 1.82) is 0 Å². The van der Waals surface area contributed by atoms with Crippen LogP contribution in [0.5, 0.6) is 0 Å². The van der Waals surface area contributed by atoms with E-state index in [4.69, 9.17) is 9.47 Å². The number of pyridine rings is 1. The smallest absolute Gasteiger partial charge is 0.340 e. The van der Waals surface area contributed by atoms with Gasteiger partial charge in [0.05, 0.1) is 28.3 Å². The molecule has 146 valence electrons. The number of carbonyl (C=O) groups is 1. The van der Waals surface area contributed by atoms with Crippen LogP contribution in [0.15, 0.2) is 41.2 Å². The first kappa shape index (κ1) is 19.0. The highest BCUT2D eigenvalue weighted by atomic mass is 32.1. The third-order valence-electron chi connectivity index (χ3n) is 4.36. The van der Waals surface area contributed by atoms with Gasteiger partial charge in [-0.3, -0.25) is 0 Å². The molecule has 0 N–H and O–H groups in total. The van der Waals surface area contributed by atoms with E-state index in [1.54, 1.807) is 34.9 Å². The number of carbonyl (C=O) groups excluding carboxylic acids is 1. The molecule has 1 aliphatic heterocycles. The number of nitrogens with zero attached hydrogens (tertiary/aromatic N) is 3. The van der Waals surface area contributed by atoms with Crippen LogP contribution in [0.25, 0.3) is 9.88 Å². The fraction of sp³-hybridized carbons (Fsp3) is 0.350. The van der Waals surface area contributed by atoms with Gasteiger partial charge in [0, 0.05) is 24.7 Å². The lowest BCUT2D eigenvalue weighted by atomic mass is 10.2. The number of anilines is 1. The highest BCUT2D eigenvalue weighted by Gasteiger charge is 2.23. The van der Waals surface area contributed by atoms with Gasteiger partial charge >= 0.3 is 5.97 Å². The maximum absolute atomic E-state index is 12.3. The molecule has 4 rings (SSSR count). The second kappa shape index (κ2) is 8.38. The molecule has 1 aliphatic rings. The number of hydrogen-bond acceptors (Lipinski definition) is 8. The molecule has 4 heterocycles. The van der Waals surface area contributed by atoms with Crippen LogP contribution in [-0.4, -0.2) is 41.2 Å². The molecular formula is C20H21N3O3S2. The fourth-order valence-electron chi connectivity index (χ4n) is 3.17.